The summed E-state index contributed by atoms with van der Waals surface area (Å²) in [7, 11) is 1.05. The molecule has 4 rings (SSSR count). The van der Waals surface area contributed by atoms with E-state index in [2.05, 4.69) is 106 Å². The van der Waals surface area contributed by atoms with Crippen molar-refractivity contribution in [2.24, 2.45) is 5.92 Å². The lowest BCUT2D eigenvalue weighted by molar-refractivity contribution is 0.791. The molecular formula is C27H28Si. The average Bonchev–Trinajstić information content (AvgIpc) is 3.02. The molecule has 0 heterocycles. The highest BCUT2D eigenvalue weighted by molar-refractivity contribution is 6.32. The van der Waals surface area contributed by atoms with Gasteiger partial charge in [0.05, 0.1) is 0 Å². The number of hydrogen-bond donors (Lipinski definition) is 0. The second kappa shape index (κ2) is 7.77. The molecule has 1 heteroatoms. The minimum absolute atomic E-state index is 0.301. The zero-order valence-electron chi connectivity index (χ0n) is 17.2. The molecule has 1 aliphatic carbocycles. The second-order valence-corrected chi connectivity index (χ2v) is 9.10. The minimum atomic E-state index is 0.301. The van der Waals surface area contributed by atoms with E-state index >= 15 is 0 Å². The number of benzene rings is 3. The van der Waals surface area contributed by atoms with Gasteiger partial charge in [-0.3, -0.25) is 0 Å². The Hall–Kier alpha value is -2.64. The van der Waals surface area contributed by atoms with Crippen molar-refractivity contribution in [3.8, 4) is 0 Å². The summed E-state index contributed by atoms with van der Waals surface area (Å²) < 4.78 is 0. The Morgan fingerprint density at radius 3 is 1.93 bits per heavy atom. The third-order valence-electron chi connectivity index (χ3n) is 5.80. The van der Waals surface area contributed by atoms with Crippen LogP contribution in [0.3, 0.4) is 0 Å². The zero-order chi connectivity index (χ0) is 19.7. The van der Waals surface area contributed by atoms with Gasteiger partial charge in [0.25, 0.3) is 0 Å². The van der Waals surface area contributed by atoms with Crippen molar-refractivity contribution < 1.29 is 0 Å². The highest BCUT2D eigenvalue weighted by Crippen LogP contribution is 2.53. The van der Waals surface area contributed by atoms with Crippen LogP contribution in [0.2, 0.25) is 0 Å². The molecule has 0 saturated heterocycles. The van der Waals surface area contributed by atoms with Crippen LogP contribution in [0.1, 0.15) is 42.0 Å². The summed E-state index contributed by atoms with van der Waals surface area (Å²) in [6.07, 6.45) is 0. The molecule has 0 radical (unpaired) electrons. The third-order valence-corrected chi connectivity index (χ3v) is 6.88. The Labute approximate surface area is 172 Å². The van der Waals surface area contributed by atoms with Gasteiger partial charge in [-0.15, -0.1) is 0 Å². The Morgan fingerprint density at radius 1 is 0.714 bits per heavy atom. The molecule has 1 aliphatic rings. The van der Waals surface area contributed by atoms with Crippen LogP contribution in [0, 0.1) is 12.8 Å². The Kier molecular flexibility index (Phi) is 5.19. The fraction of sp³-hybridized carbons (Fsp3) is 0.185. The highest BCUT2D eigenvalue weighted by atomic mass is 28.1. The van der Waals surface area contributed by atoms with Crippen LogP contribution in [0.5, 0.6) is 0 Å². The fourth-order valence-corrected chi connectivity index (χ4v) is 6.15. The fourth-order valence-electron chi connectivity index (χ4n) is 4.72. The first-order valence-corrected chi connectivity index (χ1v) is 11.2. The summed E-state index contributed by atoms with van der Waals surface area (Å²) >= 11 is 0. The molecule has 140 valence electrons. The largest absolute Gasteiger partial charge is 0.0624 e. The molecule has 0 spiro atoms. The van der Waals surface area contributed by atoms with Crippen LogP contribution < -0.4 is 0 Å². The molecule has 0 amide bonds. The average molecular weight is 381 g/mol. The normalized spacial score (nSPS) is 17.1. The number of aryl methyl sites for hydroxylation is 1. The van der Waals surface area contributed by atoms with E-state index in [-0.39, 0.29) is 0 Å². The molecule has 3 aromatic rings. The number of rotatable bonds is 4. The van der Waals surface area contributed by atoms with Gasteiger partial charge in [0, 0.05) is 16.2 Å². The van der Waals surface area contributed by atoms with Crippen LogP contribution in [0.25, 0.3) is 11.1 Å². The van der Waals surface area contributed by atoms with E-state index in [0.717, 1.165) is 10.2 Å². The van der Waals surface area contributed by atoms with Gasteiger partial charge in [0.1, 0.15) is 0 Å². The zero-order valence-corrected chi connectivity index (χ0v) is 19.2. The van der Waals surface area contributed by atoms with Gasteiger partial charge < -0.3 is 0 Å². The monoisotopic (exact) mass is 380 g/mol. The summed E-state index contributed by atoms with van der Waals surface area (Å²) in [5, 5.41) is 1.58. The van der Waals surface area contributed by atoms with Gasteiger partial charge in [-0.2, -0.15) is 0 Å². The maximum Gasteiger partial charge on any atom is 0.0393 e. The molecule has 28 heavy (non-hydrogen) atoms. The summed E-state index contributed by atoms with van der Waals surface area (Å²) in [6, 6.07) is 31.1. The van der Waals surface area contributed by atoms with Crippen LogP contribution in [-0.4, -0.2) is 10.2 Å². The van der Waals surface area contributed by atoms with Crippen LogP contribution in [0.4, 0.5) is 0 Å². The predicted molar refractivity (Wildman–Crippen MR) is 125 cm³/mol. The van der Waals surface area contributed by atoms with Gasteiger partial charge in [-0.25, -0.2) is 0 Å². The van der Waals surface area contributed by atoms with Crippen LogP contribution in [0.15, 0.2) is 95.7 Å². The lowest BCUT2D eigenvalue weighted by Gasteiger charge is -2.22. The standard InChI is InChI=1S/C27H28Si/c1-18(2)23-25(22-16-10-11-19(3)17-22)24(20-12-6-4-7-13-20)26(27(23)28)21-14-8-5-9-15-21/h4-18,24H,1-3,28H3. The second-order valence-electron chi connectivity index (χ2n) is 8.10. The Morgan fingerprint density at radius 2 is 1.32 bits per heavy atom. The lowest BCUT2D eigenvalue weighted by Crippen LogP contribution is -2.04. The van der Waals surface area contributed by atoms with Crippen LogP contribution in [-0.2, 0) is 0 Å². The first-order valence-electron chi connectivity index (χ1n) is 10.2. The molecule has 0 nitrogen and oxygen atoms in total. The van der Waals surface area contributed by atoms with E-state index < -0.39 is 0 Å². The maximum atomic E-state index is 2.36. The Balaban J connectivity index is 2.01. The Bertz CT molecular complexity index is 1040. The topological polar surface area (TPSA) is 0 Å². The number of hydrogen-bond acceptors (Lipinski definition) is 0. The van der Waals surface area contributed by atoms with Gasteiger partial charge in [0.15, 0.2) is 0 Å². The van der Waals surface area contributed by atoms with Crippen molar-refractivity contribution in [1.29, 1.82) is 0 Å². The summed E-state index contributed by atoms with van der Waals surface area (Å²) in [5.74, 6) is 0.811. The molecule has 3 aromatic carbocycles. The van der Waals surface area contributed by atoms with E-state index in [1.807, 2.05) is 0 Å². The van der Waals surface area contributed by atoms with Crippen LogP contribution >= 0.6 is 0 Å². The van der Waals surface area contributed by atoms with Crippen molar-refractivity contribution in [2.75, 3.05) is 0 Å². The van der Waals surface area contributed by atoms with E-state index in [9.17, 15) is 0 Å². The molecule has 0 aliphatic heterocycles. The highest BCUT2D eigenvalue weighted by Gasteiger charge is 2.35. The molecule has 1 atom stereocenters. The van der Waals surface area contributed by atoms with Crippen molar-refractivity contribution in [3.63, 3.8) is 0 Å². The SMILES string of the molecule is Cc1cccc(C2=C(C(C)C)C([SiH3])=C(c3ccccc3)C2c2ccccc2)c1. The summed E-state index contributed by atoms with van der Waals surface area (Å²) in [4.78, 5) is 0. The van der Waals surface area contributed by atoms with Crippen molar-refractivity contribution in [1.82, 2.24) is 0 Å². The molecule has 0 saturated carbocycles. The summed E-state index contributed by atoms with van der Waals surface area (Å²) in [5.41, 5.74) is 10.0. The molecule has 0 aromatic heterocycles. The molecule has 0 fully saturated rings. The van der Waals surface area contributed by atoms with Crippen molar-refractivity contribution >= 4 is 21.4 Å². The van der Waals surface area contributed by atoms with E-state index in [4.69, 9.17) is 0 Å². The van der Waals surface area contributed by atoms with Crippen molar-refractivity contribution in [2.45, 2.75) is 26.7 Å². The predicted octanol–water partition coefficient (Wildman–Crippen LogP) is 5.98. The van der Waals surface area contributed by atoms with E-state index in [0.29, 0.717) is 11.8 Å². The lowest BCUT2D eigenvalue weighted by atomic mass is 9.81. The van der Waals surface area contributed by atoms with Gasteiger partial charge >= 0.3 is 0 Å². The van der Waals surface area contributed by atoms with Crippen molar-refractivity contribution in [3.05, 3.63) is 118 Å². The number of allylic oxidation sites excluding steroid dienone is 4. The minimum Gasteiger partial charge on any atom is -0.0624 e. The quantitative estimate of drug-likeness (QED) is 0.489. The van der Waals surface area contributed by atoms with E-state index in [1.54, 1.807) is 10.8 Å². The van der Waals surface area contributed by atoms with Gasteiger partial charge in [-0.1, -0.05) is 110 Å². The maximum absolute atomic E-state index is 2.36. The van der Waals surface area contributed by atoms with Gasteiger partial charge in [-0.05, 0) is 46.3 Å². The first-order chi connectivity index (χ1) is 13.6. The first kappa shape index (κ1) is 18.7. The third kappa shape index (κ3) is 3.31. The molecule has 1 unspecified atom stereocenters. The summed E-state index contributed by atoms with van der Waals surface area (Å²) in [6.45, 7) is 6.89. The van der Waals surface area contributed by atoms with Gasteiger partial charge in [0.2, 0.25) is 0 Å². The molecule has 0 N–H and O–H groups in total. The smallest absolute Gasteiger partial charge is 0.0393 e. The molecular weight excluding hydrogens is 352 g/mol. The van der Waals surface area contributed by atoms with E-state index in [1.165, 1.54) is 33.4 Å². The molecule has 0 bridgehead atoms.